The Morgan fingerprint density at radius 3 is 2.95 bits per heavy atom. The maximum atomic E-state index is 13.3. The minimum Gasteiger partial charge on any atom is -0.505 e. The first-order chi connectivity index (χ1) is 10.6. The normalized spacial score (nSPS) is 15.6. The third-order valence-electron chi connectivity index (χ3n) is 3.09. The number of phenols is 1. The summed E-state index contributed by atoms with van der Waals surface area (Å²) >= 11 is 0. The lowest BCUT2D eigenvalue weighted by atomic mass is 10.1. The third kappa shape index (κ3) is 4.02. The molecule has 114 valence electrons. The van der Waals surface area contributed by atoms with Crippen LogP contribution < -0.4 is 5.32 Å². The fraction of sp³-hybridized carbons (Fsp3) is 0.176. The van der Waals surface area contributed by atoms with E-state index in [2.05, 4.69) is 16.0 Å². The molecule has 2 rings (SSSR count). The largest absolute Gasteiger partial charge is 0.505 e. The molecule has 0 radical (unpaired) electrons. The fourth-order valence-electron chi connectivity index (χ4n) is 1.91. The quantitative estimate of drug-likeness (QED) is 0.430. The Morgan fingerprint density at radius 2 is 2.23 bits per heavy atom. The van der Waals surface area contributed by atoms with Gasteiger partial charge in [0, 0.05) is 24.5 Å². The van der Waals surface area contributed by atoms with Gasteiger partial charge in [-0.1, -0.05) is 12.1 Å². The molecular weight excluding hydrogens is 283 g/mol. The highest BCUT2D eigenvalue weighted by atomic mass is 19.1. The summed E-state index contributed by atoms with van der Waals surface area (Å²) in [6.45, 7) is 2.26. The zero-order chi connectivity index (χ0) is 15.9. The van der Waals surface area contributed by atoms with E-state index in [1.165, 1.54) is 12.1 Å². The Morgan fingerprint density at radius 1 is 1.41 bits per heavy atom. The monoisotopic (exact) mass is 300 g/mol. The van der Waals surface area contributed by atoms with E-state index in [-0.39, 0.29) is 0 Å². The number of allylic oxidation sites excluding steroid dienone is 2. The van der Waals surface area contributed by atoms with Crippen LogP contribution in [0.25, 0.3) is 0 Å². The van der Waals surface area contributed by atoms with Gasteiger partial charge >= 0.3 is 0 Å². The van der Waals surface area contributed by atoms with E-state index in [1.807, 2.05) is 13.0 Å². The number of aliphatic imine (C=N–C) groups is 1. The van der Waals surface area contributed by atoms with Gasteiger partial charge in [0.15, 0.2) is 11.6 Å². The number of aromatic hydroxyl groups is 1. The van der Waals surface area contributed by atoms with Crippen LogP contribution in [0.5, 0.6) is 5.75 Å². The second-order valence-corrected chi connectivity index (χ2v) is 4.69. The van der Waals surface area contributed by atoms with Crippen molar-refractivity contribution in [1.29, 1.82) is 0 Å². The maximum Gasteiger partial charge on any atom is 0.165 e. The Balaban J connectivity index is 2.00. The molecule has 5 heteroatoms. The van der Waals surface area contributed by atoms with Crippen LogP contribution in [0.3, 0.4) is 0 Å². The average Bonchev–Trinajstić information content (AvgIpc) is 2.95. The molecule has 1 unspecified atom stereocenters. The molecule has 1 atom stereocenters. The lowest BCUT2D eigenvalue weighted by Gasteiger charge is -2.14. The molecule has 0 spiro atoms. The van der Waals surface area contributed by atoms with E-state index >= 15 is 0 Å². The minimum absolute atomic E-state index is 0.343. The van der Waals surface area contributed by atoms with E-state index in [0.29, 0.717) is 12.1 Å². The van der Waals surface area contributed by atoms with Crippen LogP contribution in [0.1, 0.15) is 18.7 Å². The molecule has 0 bridgehead atoms. The van der Waals surface area contributed by atoms with E-state index < -0.39 is 17.8 Å². The van der Waals surface area contributed by atoms with E-state index in [0.717, 1.165) is 17.2 Å². The van der Waals surface area contributed by atoms with Crippen LogP contribution in [0.15, 0.2) is 64.5 Å². The lowest BCUT2D eigenvalue weighted by molar-refractivity contribution is 0.143. The van der Waals surface area contributed by atoms with Crippen LogP contribution in [0, 0.1) is 5.82 Å². The standard InChI is InChI=1S/C17H17FN2O2/c1-2-8-19-10-13-4-3-5-14(13)11-20-17(22)12-6-7-16(21)15(18)9-12/h2,4-10,17,20-22H,11H2,1H3/b8-2-,19-10-. The van der Waals surface area contributed by atoms with Crippen molar-refractivity contribution in [3.63, 3.8) is 0 Å². The van der Waals surface area contributed by atoms with Crippen molar-refractivity contribution in [3.05, 3.63) is 70.9 Å². The smallest absolute Gasteiger partial charge is 0.165 e. The molecule has 0 amide bonds. The van der Waals surface area contributed by atoms with Gasteiger partial charge in [-0.05, 0) is 42.3 Å². The van der Waals surface area contributed by atoms with Crippen LogP contribution >= 0.6 is 0 Å². The molecule has 4 nitrogen and oxygen atoms in total. The molecule has 1 aliphatic rings. The second kappa shape index (κ2) is 7.52. The van der Waals surface area contributed by atoms with E-state index in [4.69, 9.17) is 5.11 Å². The second-order valence-electron chi connectivity index (χ2n) is 4.69. The van der Waals surface area contributed by atoms with Gasteiger partial charge in [-0.2, -0.15) is 0 Å². The van der Waals surface area contributed by atoms with Gasteiger partial charge in [-0.15, -0.1) is 5.73 Å². The van der Waals surface area contributed by atoms with E-state index in [1.54, 1.807) is 24.6 Å². The van der Waals surface area contributed by atoms with Gasteiger partial charge in [0.25, 0.3) is 0 Å². The molecule has 1 aromatic carbocycles. The number of benzene rings is 1. The molecule has 0 aromatic heterocycles. The van der Waals surface area contributed by atoms with Gasteiger partial charge in [0.05, 0.1) is 0 Å². The highest BCUT2D eigenvalue weighted by Crippen LogP contribution is 2.20. The molecule has 0 saturated carbocycles. The molecule has 0 fully saturated rings. The summed E-state index contributed by atoms with van der Waals surface area (Å²) in [5, 5.41) is 22.1. The number of halogens is 1. The van der Waals surface area contributed by atoms with Gasteiger partial charge < -0.3 is 10.2 Å². The lowest BCUT2D eigenvalue weighted by Crippen LogP contribution is -2.23. The number of rotatable bonds is 6. The number of hydrogen-bond acceptors (Lipinski definition) is 4. The summed E-state index contributed by atoms with van der Waals surface area (Å²) in [6, 6.07) is 3.77. The average molecular weight is 300 g/mol. The van der Waals surface area contributed by atoms with Crippen molar-refractivity contribution < 1.29 is 14.6 Å². The summed E-state index contributed by atoms with van der Waals surface area (Å²) in [7, 11) is 0. The molecule has 1 aromatic rings. The SMILES string of the molecule is C/C=C\N=C/C1=C(CNC(O)c2ccc(O)c(F)c2)C=C=C1. The van der Waals surface area contributed by atoms with Crippen molar-refractivity contribution in [2.24, 2.45) is 4.99 Å². The summed E-state index contributed by atoms with van der Waals surface area (Å²) in [4.78, 5) is 4.11. The zero-order valence-electron chi connectivity index (χ0n) is 12.1. The number of nitrogens with one attached hydrogen (secondary N) is 1. The van der Waals surface area contributed by atoms with Crippen molar-refractivity contribution in [2.75, 3.05) is 6.54 Å². The molecule has 0 heterocycles. The summed E-state index contributed by atoms with van der Waals surface area (Å²) in [5.74, 6) is -1.21. The van der Waals surface area contributed by atoms with E-state index in [9.17, 15) is 9.50 Å². The van der Waals surface area contributed by atoms with Crippen LogP contribution in [-0.2, 0) is 0 Å². The molecular formula is C17H17FN2O2. The Labute approximate surface area is 128 Å². The van der Waals surface area contributed by atoms with Gasteiger partial charge in [0.2, 0.25) is 0 Å². The summed E-state index contributed by atoms with van der Waals surface area (Å²) in [6.07, 6.45) is 7.78. The number of hydrogen-bond donors (Lipinski definition) is 3. The van der Waals surface area contributed by atoms with Crippen molar-refractivity contribution in [1.82, 2.24) is 5.32 Å². The number of aliphatic hydroxyl groups is 1. The maximum absolute atomic E-state index is 13.3. The first-order valence-corrected chi connectivity index (χ1v) is 6.81. The first kappa shape index (κ1) is 15.9. The Kier molecular flexibility index (Phi) is 5.44. The molecule has 0 aliphatic heterocycles. The summed E-state index contributed by atoms with van der Waals surface area (Å²) < 4.78 is 13.3. The minimum atomic E-state index is -1.04. The Bertz CT molecular complexity index is 699. The molecule has 22 heavy (non-hydrogen) atoms. The van der Waals surface area contributed by atoms with Gasteiger partial charge in [0.1, 0.15) is 6.23 Å². The predicted molar refractivity (Wildman–Crippen MR) is 84.0 cm³/mol. The zero-order valence-corrected chi connectivity index (χ0v) is 12.1. The topological polar surface area (TPSA) is 64.9 Å². The van der Waals surface area contributed by atoms with Crippen LogP contribution in [0.4, 0.5) is 4.39 Å². The summed E-state index contributed by atoms with van der Waals surface area (Å²) in [5.41, 5.74) is 5.14. The highest BCUT2D eigenvalue weighted by Gasteiger charge is 2.11. The number of phenolic OH excluding ortho intramolecular Hbond substituents is 1. The predicted octanol–water partition coefficient (Wildman–Crippen LogP) is 2.74. The van der Waals surface area contributed by atoms with Gasteiger partial charge in [-0.3, -0.25) is 10.3 Å². The number of nitrogens with zero attached hydrogens (tertiary/aromatic N) is 1. The van der Waals surface area contributed by atoms with Crippen LogP contribution in [0.2, 0.25) is 0 Å². The van der Waals surface area contributed by atoms with Crippen LogP contribution in [-0.4, -0.2) is 23.0 Å². The fourth-order valence-corrected chi connectivity index (χ4v) is 1.91. The third-order valence-corrected chi connectivity index (χ3v) is 3.09. The van der Waals surface area contributed by atoms with Gasteiger partial charge in [-0.25, -0.2) is 4.39 Å². The van der Waals surface area contributed by atoms with Crippen molar-refractivity contribution in [2.45, 2.75) is 13.2 Å². The highest BCUT2D eigenvalue weighted by molar-refractivity contribution is 5.85. The van der Waals surface area contributed by atoms with Crippen molar-refractivity contribution in [3.8, 4) is 5.75 Å². The molecule has 0 saturated heterocycles. The number of aliphatic hydroxyl groups excluding tert-OH is 1. The first-order valence-electron chi connectivity index (χ1n) is 6.81. The molecule has 1 aliphatic carbocycles. The Hall–Kier alpha value is -2.46. The van der Waals surface area contributed by atoms with Crippen molar-refractivity contribution >= 4 is 6.21 Å². The molecule has 3 N–H and O–H groups in total.